The van der Waals surface area contributed by atoms with Crippen LogP contribution in [0.2, 0.25) is 5.02 Å². The van der Waals surface area contributed by atoms with E-state index in [0.29, 0.717) is 5.02 Å². The summed E-state index contributed by atoms with van der Waals surface area (Å²) in [6, 6.07) is 7.33. The van der Waals surface area contributed by atoms with Crippen LogP contribution in [0.25, 0.3) is 0 Å². The Kier molecular flexibility index (Phi) is 5.06. The average Bonchev–Trinajstić information content (AvgIpc) is 2.22. The molecule has 0 aliphatic heterocycles. The molecule has 1 rings (SSSR count). The molecular formula is C10H11Br2ClO2. The zero-order valence-corrected chi connectivity index (χ0v) is 12.3. The van der Waals surface area contributed by atoms with Crippen LogP contribution in [0.3, 0.4) is 0 Å². The third kappa shape index (κ3) is 2.74. The maximum absolute atomic E-state index is 5.82. The van der Waals surface area contributed by atoms with Gasteiger partial charge in [-0.3, -0.25) is 0 Å². The molecular weight excluding hydrogens is 347 g/mol. The Hall–Kier alpha value is 0.390. The molecule has 0 saturated carbocycles. The smallest absolute Gasteiger partial charge is 0.217 e. The molecule has 0 aliphatic carbocycles. The van der Waals surface area contributed by atoms with E-state index in [-0.39, 0.29) is 3.74 Å². The van der Waals surface area contributed by atoms with Crippen molar-refractivity contribution in [3.63, 3.8) is 0 Å². The number of benzene rings is 1. The maximum atomic E-state index is 5.82. The van der Waals surface area contributed by atoms with Crippen molar-refractivity contribution in [3.05, 3.63) is 34.9 Å². The third-order valence-corrected chi connectivity index (χ3v) is 3.60. The molecule has 0 atom stereocenters. The Morgan fingerprint density at radius 1 is 1.13 bits per heavy atom. The van der Waals surface area contributed by atoms with E-state index in [0.717, 1.165) is 5.56 Å². The van der Waals surface area contributed by atoms with E-state index in [4.69, 9.17) is 21.1 Å². The van der Waals surface area contributed by atoms with Crippen molar-refractivity contribution in [1.82, 2.24) is 0 Å². The van der Waals surface area contributed by atoms with Gasteiger partial charge in [-0.25, -0.2) is 0 Å². The molecule has 15 heavy (non-hydrogen) atoms. The standard InChI is InChI=1S/C10H11Br2ClO2/c1-14-10(15-2,9(11)12)7-3-5-8(13)6-4-7/h3-6,9H,1-2H3. The lowest BCUT2D eigenvalue weighted by atomic mass is 10.1. The van der Waals surface area contributed by atoms with Gasteiger partial charge in [-0.2, -0.15) is 0 Å². The van der Waals surface area contributed by atoms with Crippen LogP contribution in [0, 0.1) is 0 Å². The molecule has 0 spiro atoms. The molecule has 0 amide bonds. The summed E-state index contributed by atoms with van der Waals surface area (Å²) in [4.78, 5) is 0. The Bertz CT molecular complexity index is 310. The fourth-order valence-corrected chi connectivity index (χ4v) is 2.71. The zero-order chi connectivity index (χ0) is 11.5. The molecule has 0 aromatic heterocycles. The summed E-state index contributed by atoms with van der Waals surface area (Å²) in [6.45, 7) is 0. The first-order valence-electron chi connectivity index (χ1n) is 4.21. The first kappa shape index (κ1) is 13.5. The van der Waals surface area contributed by atoms with Crippen LogP contribution < -0.4 is 0 Å². The van der Waals surface area contributed by atoms with E-state index in [1.807, 2.05) is 12.1 Å². The van der Waals surface area contributed by atoms with Gasteiger partial charge in [-0.1, -0.05) is 55.6 Å². The summed E-state index contributed by atoms with van der Waals surface area (Å²) >= 11 is 12.6. The fraction of sp³-hybridized carbons (Fsp3) is 0.400. The minimum atomic E-state index is -0.857. The Morgan fingerprint density at radius 2 is 1.60 bits per heavy atom. The van der Waals surface area contributed by atoms with E-state index in [2.05, 4.69) is 31.9 Å². The first-order valence-corrected chi connectivity index (χ1v) is 6.42. The number of rotatable bonds is 4. The number of hydrogen-bond acceptors (Lipinski definition) is 2. The van der Waals surface area contributed by atoms with Crippen LogP contribution in [-0.4, -0.2) is 18.0 Å². The highest BCUT2D eigenvalue weighted by Gasteiger charge is 2.38. The van der Waals surface area contributed by atoms with Crippen molar-refractivity contribution in [2.45, 2.75) is 9.52 Å². The molecule has 0 fully saturated rings. The molecule has 0 unspecified atom stereocenters. The molecule has 1 aromatic rings. The van der Waals surface area contributed by atoms with Crippen molar-refractivity contribution in [1.29, 1.82) is 0 Å². The minimum Gasteiger partial charge on any atom is -0.348 e. The van der Waals surface area contributed by atoms with Crippen molar-refractivity contribution in [2.75, 3.05) is 14.2 Å². The van der Waals surface area contributed by atoms with Crippen molar-refractivity contribution < 1.29 is 9.47 Å². The average molecular weight is 358 g/mol. The molecule has 0 heterocycles. The van der Waals surface area contributed by atoms with Crippen LogP contribution in [0.5, 0.6) is 0 Å². The summed E-state index contributed by atoms with van der Waals surface area (Å²) in [5, 5.41) is 0.681. The van der Waals surface area contributed by atoms with Gasteiger partial charge in [-0.05, 0) is 12.1 Å². The van der Waals surface area contributed by atoms with Gasteiger partial charge in [0.1, 0.15) is 3.74 Å². The SMILES string of the molecule is COC(OC)(c1ccc(Cl)cc1)C(Br)Br. The monoisotopic (exact) mass is 356 g/mol. The zero-order valence-electron chi connectivity index (χ0n) is 8.34. The van der Waals surface area contributed by atoms with Crippen molar-refractivity contribution in [2.24, 2.45) is 0 Å². The van der Waals surface area contributed by atoms with Gasteiger partial charge in [0.15, 0.2) is 0 Å². The third-order valence-electron chi connectivity index (χ3n) is 2.14. The molecule has 0 aliphatic rings. The number of halogens is 3. The lowest BCUT2D eigenvalue weighted by Crippen LogP contribution is -2.36. The van der Waals surface area contributed by atoms with E-state index >= 15 is 0 Å². The van der Waals surface area contributed by atoms with Gasteiger partial charge in [-0.15, -0.1) is 0 Å². The fourth-order valence-electron chi connectivity index (χ4n) is 1.31. The van der Waals surface area contributed by atoms with Crippen LogP contribution in [0.15, 0.2) is 24.3 Å². The summed E-state index contributed by atoms with van der Waals surface area (Å²) < 4.78 is 10.7. The summed E-state index contributed by atoms with van der Waals surface area (Å²) in [5.41, 5.74) is 0.885. The van der Waals surface area contributed by atoms with Crippen LogP contribution in [0.1, 0.15) is 5.56 Å². The van der Waals surface area contributed by atoms with E-state index in [9.17, 15) is 0 Å². The lowest BCUT2D eigenvalue weighted by molar-refractivity contribution is -0.201. The molecule has 2 nitrogen and oxygen atoms in total. The maximum Gasteiger partial charge on any atom is 0.217 e. The molecule has 5 heteroatoms. The van der Waals surface area contributed by atoms with Crippen molar-refractivity contribution in [3.8, 4) is 0 Å². The van der Waals surface area contributed by atoms with Gasteiger partial charge in [0.2, 0.25) is 5.79 Å². The summed E-state index contributed by atoms with van der Waals surface area (Å²) in [5.74, 6) is -0.857. The number of hydrogen-bond donors (Lipinski definition) is 0. The van der Waals surface area contributed by atoms with Gasteiger partial charge >= 0.3 is 0 Å². The molecule has 0 N–H and O–H groups in total. The lowest BCUT2D eigenvalue weighted by Gasteiger charge is -2.32. The topological polar surface area (TPSA) is 18.5 Å². The second-order valence-corrected chi connectivity index (χ2v) is 6.38. The van der Waals surface area contributed by atoms with Gasteiger partial charge < -0.3 is 9.47 Å². The quantitative estimate of drug-likeness (QED) is 0.600. The van der Waals surface area contributed by atoms with E-state index < -0.39 is 5.79 Å². The predicted molar refractivity (Wildman–Crippen MR) is 68.8 cm³/mol. The molecule has 0 bridgehead atoms. The highest BCUT2D eigenvalue weighted by molar-refractivity contribution is 9.24. The first-order chi connectivity index (χ1) is 7.06. The second-order valence-electron chi connectivity index (χ2n) is 2.88. The molecule has 84 valence electrons. The minimum absolute atomic E-state index is 0.159. The molecule has 1 aromatic carbocycles. The molecule has 0 radical (unpaired) electrons. The molecule has 0 saturated heterocycles. The van der Waals surface area contributed by atoms with Gasteiger partial charge in [0, 0.05) is 24.8 Å². The Morgan fingerprint density at radius 3 is 1.93 bits per heavy atom. The van der Waals surface area contributed by atoms with E-state index in [1.54, 1.807) is 26.4 Å². The van der Waals surface area contributed by atoms with Gasteiger partial charge in [0.25, 0.3) is 0 Å². The number of methoxy groups -OCH3 is 2. The van der Waals surface area contributed by atoms with Crippen LogP contribution in [0.4, 0.5) is 0 Å². The predicted octanol–water partition coefficient (Wildman–Crippen LogP) is 3.90. The van der Waals surface area contributed by atoms with Crippen LogP contribution in [-0.2, 0) is 15.3 Å². The van der Waals surface area contributed by atoms with Crippen LogP contribution >= 0.6 is 43.5 Å². The number of alkyl halides is 2. The van der Waals surface area contributed by atoms with E-state index in [1.165, 1.54) is 0 Å². The Balaban J connectivity index is 3.14. The van der Waals surface area contributed by atoms with Crippen molar-refractivity contribution >= 4 is 43.5 Å². The van der Waals surface area contributed by atoms with Gasteiger partial charge in [0.05, 0.1) is 0 Å². The Labute approximate surface area is 111 Å². The summed E-state index contributed by atoms with van der Waals surface area (Å²) in [6.07, 6.45) is 0. The largest absolute Gasteiger partial charge is 0.348 e. The second kappa shape index (κ2) is 5.64. The number of ether oxygens (including phenoxy) is 2. The normalized spacial score (nSPS) is 12.1. The highest BCUT2D eigenvalue weighted by Crippen LogP contribution is 2.37. The highest BCUT2D eigenvalue weighted by atomic mass is 79.9. The summed E-state index contributed by atoms with van der Waals surface area (Å²) in [7, 11) is 3.18.